The Hall–Kier alpha value is -4.15. The van der Waals surface area contributed by atoms with Crippen LogP contribution in [0.3, 0.4) is 0 Å². The van der Waals surface area contributed by atoms with Crippen LogP contribution < -0.4 is 20.7 Å². The summed E-state index contributed by atoms with van der Waals surface area (Å²) in [6.07, 6.45) is 4.92. The fourth-order valence-corrected chi connectivity index (χ4v) is 3.78. The minimum absolute atomic E-state index is 0.0689. The minimum atomic E-state index is -0.659. The van der Waals surface area contributed by atoms with E-state index in [4.69, 9.17) is 9.47 Å². The molecule has 0 unspecified atom stereocenters. The number of ether oxygens (including phenoxy) is 2. The van der Waals surface area contributed by atoms with Gasteiger partial charge in [0.25, 0.3) is 5.91 Å². The third kappa shape index (κ3) is 8.19. The topological polar surface area (TPSA) is 139 Å². The van der Waals surface area contributed by atoms with Crippen LogP contribution in [0.4, 0.5) is 10.5 Å². The lowest BCUT2D eigenvalue weighted by molar-refractivity contribution is -0.143. The number of aromatic nitrogens is 1. The number of anilines is 1. The first kappa shape index (κ1) is 27.4. The predicted octanol–water partition coefficient (Wildman–Crippen LogP) is 2.65. The fourth-order valence-electron chi connectivity index (χ4n) is 3.78. The molecular formula is C26H33N5O6. The Morgan fingerprint density at radius 3 is 2.78 bits per heavy atom. The summed E-state index contributed by atoms with van der Waals surface area (Å²) in [6.45, 7) is 4.67. The number of carbonyl (C=O) groups excluding carboxylic acids is 4. The molecule has 1 aromatic carbocycles. The molecule has 4 amide bonds. The first-order valence-corrected chi connectivity index (χ1v) is 12.4. The zero-order valence-corrected chi connectivity index (χ0v) is 21.1. The number of hydrogen-bond acceptors (Lipinski definition) is 7. The maximum Gasteiger partial charge on any atom is 0.319 e. The molecule has 3 rings (SSSR count). The van der Waals surface area contributed by atoms with Gasteiger partial charge in [0, 0.05) is 24.6 Å². The summed E-state index contributed by atoms with van der Waals surface area (Å²) in [7, 11) is 0. The van der Waals surface area contributed by atoms with Crippen molar-refractivity contribution >= 4 is 29.5 Å². The highest BCUT2D eigenvalue weighted by atomic mass is 16.5. The molecule has 2 heterocycles. The van der Waals surface area contributed by atoms with Gasteiger partial charge in [-0.1, -0.05) is 19.4 Å². The molecular weight excluding hydrogens is 478 g/mol. The maximum absolute atomic E-state index is 13.3. The molecule has 0 fully saturated rings. The predicted molar refractivity (Wildman–Crippen MR) is 136 cm³/mol. The van der Waals surface area contributed by atoms with Gasteiger partial charge in [0.05, 0.1) is 37.7 Å². The van der Waals surface area contributed by atoms with Crippen molar-refractivity contribution in [2.45, 2.75) is 39.2 Å². The Bertz CT molecular complexity index is 1090. The standard InChI is InChI=1S/C26H33N5O6/c1-3-5-11-28-26(35)29-19-8-9-22-20(14-19)25(34)31(12-13-37-22)17-23(32)30-21(15-24(33)36-4-2)18-7-6-10-27-16-18/h6-10,14,16,21H,3-5,11-13,15,17H2,1-2H3,(H,30,32)(H2,28,29,35)/t21-/m1/s1. The van der Waals surface area contributed by atoms with Crippen molar-refractivity contribution in [3.63, 3.8) is 0 Å². The molecule has 1 aliphatic rings. The van der Waals surface area contributed by atoms with Crippen LogP contribution in [0.15, 0.2) is 42.7 Å². The quantitative estimate of drug-likeness (QED) is 0.311. The van der Waals surface area contributed by atoms with Crippen molar-refractivity contribution in [1.82, 2.24) is 20.5 Å². The Labute approximate surface area is 215 Å². The van der Waals surface area contributed by atoms with E-state index in [1.54, 1.807) is 43.6 Å². The van der Waals surface area contributed by atoms with Crippen molar-refractivity contribution in [3.05, 3.63) is 53.9 Å². The summed E-state index contributed by atoms with van der Waals surface area (Å²) in [5, 5.41) is 8.29. The number of unbranched alkanes of at least 4 members (excludes halogenated alkanes) is 1. The monoisotopic (exact) mass is 511 g/mol. The van der Waals surface area contributed by atoms with Crippen molar-refractivity contribution in [1.29, 1.82) is 0 Å². The normalized spacial score (nSPS) is 13.5. The molecule has 0 saturated heterocycles. The number of fused-ring (bicyclic) bond motifs is 1. The molecule has 198 valence electrons. The molecule has 11 nitrogen and oxygen atoms in total. The van der Waals surface area contributed by atoms with Gasteiger partial charge in [0.1, 0.15) is 12.4 Å². The molecule has 0 saturated carbocycles. The van der Waals surface area contributed by atoms with E-state index in [2.05, 4.69) is 20.9 Å². The third-order valence-corrected chi connectivity index (χ3v) is 5.62. The Kier molecular flexibility index (Phi) is 10.2. The number of benzene rings is 1. The second kappa shape index (κ2) is 13.8. The smallest absolute Gasteiger partial charge is 0.319 e. The van der Waals surface area contributed by atoms with Crippen molar-refractivity contribution < 1.29 is 28.7 Å². The van der Waals surface area contributed by atoms with Gasteiger partial charge in [-0.05, 0) is 43.2 Å². The van der Waals surface area contributed by atoms with Gasteiger partial charge < -0.3 is 30.3 Å². The summed E-state index contributed by atoms with van der Waals surface area (Å²) >= 11 is 0. The highest BCUT2D eigenvalue weighted by molar-refractivity contribution is 6.01. The van der Waals surface area contributed by atoms with Crippen LogP contribution >= 0.6 is 0 Å². The number of rotatable bonds is 11. The van der Waals surface area contributed by atoms with E-state index in [-0.39, 0.29) is 44.3 Å². The lowest BCUT2D eigenvalue weighted by atomic mass is 10.1. The van der Waals surface area contributed by atoms with Gasteiger partial charge in [0.2, 0.25) is 5.91 Å². The van der Waals surface area contributed by atoms with Crippen LogP contribution in [0.2, 0.25) is 0 Å². The fraction of sp³-hybridized carbons (Fsp3) is 0.423. The van der Waals surface area contributed by atoms with E-state index in [1.807, 2.05) is 6.92 Å². The van der Waals surface area contributed by atoms with Crippen molar-refractivity contribution in [2.75, 3.05) is 38.2 Å². The number of pyridine rings is 1. The van der Waals surface area contributed by atoms with Crippen LogP contribution in [0.1, 0.15) is 55.1 Å². The average molecular weight is 512 g/mol. The number of esters is 1. The summed E-state index contributed by atoms with van der Waals surface area (Å²) in [6, 6.07) is 7.25. The molecule has 11 heteroatoms. The maximum atomic E-state index is 13.3. The molecule has 2 aromatic rings. The van der Waals surface area contributed by atoms with E-state index in [0.717, 1.165) is 12.8 Å². The Morgan fingerprint density at radius 1 is 1.22 bits per heavy atom. The zero-order valence-electron chi connectivity index (χ0n) is 21.1. The highest BCUT2D eigenvalue weighted by Gasteiger charge is 2.27. The van der Waals surface area contributed by atoms with E-state index in [1.165, 1.54) is 11.0 Å². The Balaban J connectivity index is 1.68. The number of nitrogens with one attached hydrogen (secondary N) is 3. The van der Waals surface area contributed by atoms with Crippen molar-refractivity contribution in [2.24, 2.45) is 0 Å². The van der Waals surface area contributed by atoms with E-state index in [0.29, 0.717) is 23.5 Å². The summed E-state index contributed by atoms with van der Waals surface area (Å²) in [5.74, 6) is -0.926. The van der Waals surface area contributed by atoms with E-state index < -0.39 is 23.8 Å². The molecule has 0 radical (unpaired) electrons. The number of amides is 4. The van der Waals surface area contributed by atoms with Gasteiger partial charge in [-0.15, -0.1) is 0 Å². The molecule has 0 spiro atoms. The molecule has 37 heavy (non-hydrogen) atoms. The third-order valence-electron chi connectivity index (χ3n) is 5.62. The largest absolute Gasteiger partial charge is 0.491 e. The lowest BCUT2D eigenvalue weighted by Gasteiger charge is -2.23. The number of nitrogens with zero attached hydrogens (tertiary/aromatic N) is 2. The second-order valence-corrected chi connectivity index (χ2v) is 8.44. The van der Waals surface area contributed by atoms with E-state index in [9.17, 15) is 19.2 Å². The van der Waals surface area contributed by atoms with Crippen LogP contribution in [0.25, 0.3) is 0 Å². The van der Waals surface area contributed by atoms with Crippen LogP contribution in [0.5, 0.6) is 5.75 Å². The summed E-state index contributed by atoms with van der Waals surface area (Å²) in [5.41, 5.74) is 1.32. The number of urea groups is 1. The number of carbonyl (C=O) groups is 4. The van der Waals surface area contributed by atoms with Gasteiger partial charge >= 0.3 is 12.0 Å². The summed E-state index contributed by atoms with van der Waals surface area (Å²) in [4.78, 5) is 55.9. The zero-order chi connectivity index (χ0) is 26.6. The molecule has 1 aromatic heterocycles. The van der Waals surface area contributed by atoms with Crippen molar-refractivity contribution in [3.8, 4) is 5.75 Å². The molecule has 1 atom stereocenters. The second-order valence-electron chi connectivity index (χ2n) is 8.44. The van der Waals surface area contributed by atoms with Gasteiger partial charge in [-0.2, -0.15) is 0 Å². The van der Waals surface area contributed by atoms with Gasteiger partial charge in [-0.3, -0.25) is 19.4 Å². The molecule has 0 aliphatic carbocycles. The van der Waals surface area contributed by atoms with E-state index >= 15 is 0 Å². The van der Waals surface area contributed by atoms with Gasteiger partial charge in [-0.25, -0.2) is 4.79 Å². The molecule has 3 N–H and O–H groups in total. The van der Waals surface area contributed by atoms with Crippen LogP contribution in [-0.2, 0) is 14.3 Å². The number of hydrogen-bond donors (Lipinski definition) is 3. The summed E-state index contributed by atoms with van der Waals surface area (Å²) < 4.78 is 10.7. The first-order chi connectivity index (χ1) is 17.9. The SMILES string of the molecule is CCCCNC(=O)Nc1ccc2c(c1)C(=O)N(CC(=O)N[C@H](CC(=O)OCC)c1cccnc1)CCO2. The first-order valence-electron chi connectivity index (χ1n) is 12.4. The Morgan fingerprint density at radius 2 is 2.05 bits per heavy atom. The molecule has 1 aliphatic heterocycles. The van der Waals surface area contributed by atoms with Crippen LogP contribution in [0, 0.1) is 0 Å². The minimum Gasteiger partial charge on any atom is -0.491 e. The lowest BCUT2D eigenvalue weighted by Crippen LogP contribution is -2.43. The molecule has 0 bridgehead atoms. The van der Waals surface area contributed by atoms with Crippen LogP contribution in [-0.4, -0.2) is 66.5 Å². The average Bonchev–Trinajstić information content (AvgIpc) is 3.03. The van der Waals surface area contributed by atoms with Gasteiger partial charge in [0.15, 0.2) is 0 Å². The highest BCUT2D eigenvalue weighted by Crippen LogP contribution is 2.26.